The highest BCUT2D eigenvalue weighted by Gasteiger charge is 2.30. The van der Waals surface area contributed by atoms with Gasteiger partial charge in [-0.3, -0.25) is 9.69 Å². The number of aromatic nitrogens is 2. The average molecular weight is 202 g/mol. The van der Waals surface area contributed by atoms with Gasteiger partial charge in [-0.15, -0.1) is 12.3 Å². The lowest BCUT2D eigenvalue weighted by atomic mass is 10.1. The fourth-order valence-electron chi connectivity index (χ4n) is 1.50. The highest BCUT2D eigenvalue weighted by molar-refractivity contribution is 5.94. The maximum absolute atomic E-state index is 11.6. The van der Waals surface area contributed by atoms with Gasteiger partial charge in [0.25, 0.3) is 0 Å². The van der Waals surface area contributed by atoms with Crippen molar-refractivity contribution in [1.29, 1.82) is 0 Å². The Balaban J connectivity index is 2.26. The van der Waals surface area contributed by atoms with Crippen LogP contribution < -0.4 is 10.6 Å². The van der Waals surface area contributed by atoms with Crippen LogP contribution in [0.4, 0.5) is 11.8 Å². The lowest BCUT2D eigenvalue weighted by Gasteiger charge is -2.12. The van der Waals surface area contributed by atoms with Gasteiger partial charge < -0.3 is 5.73 Å². The summed E-state index contributed by atoms with van der Waals surface area (Å²) in [6.07, 6.45) is 7.15. The van der Waals surface area contributed by atoms with Crippen molar-refractivity contribution in [2.24, 2.45) is 5.92 Å². The molecule has 0 radical (unpaired) electrons. The van der Waals surface area contributed by atoms with Gasteiger partial charge in [-0.2, -0.15) is 4.98 Å². The zero-order valence-corrected chi connectivity index (χ0v) is 8.05. The third kappa shape index (κ3) is 1.74. The van der Waals surface area contributed by atoms with E-state index in [1.54, 1.807) is 6.07 Å². The predicted molar refractivity (Wildman–Crippen MR) is 55.7 cm³/mol. The first-order valence-corrected chi connectivity index (χ1v) is 4.55. The van der Waals surface area contributed by atoms with Crippen molar-refractivity contribution in [3.63, 3.8) is 0 Å². The van der Waals surface area contributed by atoms with Crippen LogP contribution in [0.3, 0.4) is 0 Å². The van der Waals surface area contributed by atoms with E-state index in [9.17, 15) is 4.79 Å². The highest BCUT2D eigenvalue weighted by atomic mass is 16.2. The first-order chi connectivity index (χ1) is 7.20. The Kier molecular flexibility index (Phi) is 2.26. The molecule has 15 heavy (non-hydrogen) atoms. The van der Waals surface area contributed by atoms with E-state index in [0.717, 1.165) is 0 Å². The molecule has 0 bridgehead atoms. The number of terminal acetylenes is 1. The Morgan fingerprint density at radius 2 is 2.47 bits per heavy atom. The van der Waals surface area contributed by atoms with Crippen LogP contribution >= 0.6 is 0 Å². The van der Waals surface area contributed by atoms with Gasteiger partial charge in [-0.05, 0) is 6.07 Å². The average Bonchev–Trinajstić information content (AvgIpc) is 2.60. The van der Waals surface area contributed by atoms with Gasteiger partial charge in [-0.25, -0.2) is 4.98 Å². The summed E-state index contributed by atoms with van der Waals surface area (Å²) in [6.45, 7) is 0.471. The summed E-state index contributed by atoms with van der Waals surface area (Å²) < 4.78 is 0. The molecular weight excluding hydrogens is 192 g/mol. The Morgan fingerprint density at radius 3 is 3.07 bits per heavy atom. The number of nitrogens with two attached hydrogens (primary N) is 1. The molecule has 1 aromatic rings. The molecule has 1 saturated heterocycles. The molecule has 5 heteroatoms. The third-order valence-corrected chi connectivity index (χ3v) is 2.27. The molecule has 2 heterocycles. The van der Waals surface area contributed by atoms with E-state index in [4.69, 9.17) is 12.2 Å². The van der Waals surface area contributed by atoms with Crippen LogP contribution in [-0.4, -0.2) is 22.4 Å². The summed E-state index contributed by atoms with van der Waals surface area (Å²) in [5.41, 5.74) is 5.51. The second-order valence-electron chi connectivity index (χ2n) is 3.35. The van der Waals surface area contributed by atoms with Gasteiger partial charge in [0.2, 0.25) is 11.9 Å². The summed E-state index contributed by atoms with van der Waals surface area (Å²) in [5.74, 6) is 3.13. The van der Waals surface area contributed by atoms with Crippen molar-refractivity contribution in [3.8, 4) is 12.3 Å². The van der Waals surface area contributed by atoms with Crippen molar-refractivity contribution >= 4 is 17.7 Å². The minimum absolute atomic E-state index is 0.0523. The minimum Gasteiger partial charge on any atom is -0.384 e. The molecule has 1 fully saturated rings. The number of rotatable bonds is 1. The monoisotopic (exact) mass is 202 g/mol. The number of hydrogen-bond donors (Lipinski definition) is 1. The zero-order chi connectivity index (χ0) is 10.8. The quantitative estimate of drug-likeness (QED) is 0.653. The molecule has 2 rings (SSSR count). The van der Waals surface area contributed by atoms with Crippen LogP contribution in [0.15, 0.2) is 12.3 Å². The summed E-state index contributed by atoms with van der Waals surface area (Å²) >= 11 is 0. The maximum atomic E-state index is 11.6. The molecule has 1 atom stereocenters. The van der Waals surface area contributed by atoms with Crippen molar-refractivity contribution in [1.82, 2.24) is 9.97 Å². The minimum atomic E-state index is -0.0532. The molecule has 1 aliphatic rings. The van der Waals surface area contributed by atoms with E-state index < -0.39 is 0 Å². The van der Waals surface area contributed by atoms with Gasteiger partial charge in [0.15, 0.2) is 0 Å². The Labute approximate surface area is 87.3 Å². The van der Waals surface area contributed by atoms with Gasteiger partial charge in [0.1, 0.15) is 5.82 Å². The second-order valence-corrected chi connectivity index (χ2v) is 3.35. The van der Waals surface area contributed by atoms with Crippen LogP contribution in [-0.2, 0) is 4.79 Å². The largest absolute Gasteiger partial charge is 0.384 e. The molecule has 5 nitrogen and oxygen atoms in total. The van der Waals surface area contributed by atoms with Gasteiger partial charge in [0, 0.05) is 25.1 Å². The molecule has 0 aromatic carbocycles. The van der Waals surface area contributed by atoms with Crippen LogP contribution in [0.2, 0.25) is 0 Å². The van der Waals surface area contributed by atoms with Crippen molar-refractivity contribution in [2.45, 2.75) is 6.42 Å². The normalized spacial score (nSPS) is 20.3. The van der Waals surface area contributed by atoms with Gasteiger partial charge in [-0.1, -0.05) is 0 Å². The number of anilines is 2. The third-order valence-electron chi connectivity index (χ3n) is 2.27. The van der Waals surface area contributed by atoms with Crippen LogP contribution in [0.5, 0.6) is 0 Å². The van der Waals surface area contributed by atoms with Crippen LogP contribution in [0, 0.1) is 18.3 Å². The molecule has 0 saturated carbocycles. The number of nitrogens with zero attached hydrogens (tertiary/aromatic N) is 3. The maximum Gasteiger partial charge on any atom is 0.234 e. The van der Waals surface area contributed by atoms with E-state index in [-0.39, 0.29) is 11.8 Å². The van der Waals surface area contributed by atoms with E-state index in [2.05, 4.69) is 15.9 Å². The fourth-order valence-corrected chi connectivity index (χ4v) is 1.50. The van der Waals surface area contributed by atoms with Crippen molar-refractivity contribution in [3.05, 3.63) is 12.3 Å². The highest BCUT2D eigenvalue weighted by Crippen LogP contribution is 2.21. The van der Waals surface area contributed by atoms with E-state index >= 15 is 0 Å². The summed E-state index contributed by atoms with van der Waals surface area (Å²) in [7, 11) is 0. The lowest BCUT2D eigenvalue weighted by molar-refractivity contribution is -0.117. The summed E-state index contributed by atoms with van der Waals surface area (Å²) in [6, 6.07) is 1.57. The molecule has 0 aliphatic carbocycles. The molecule has 1 aromatic heterocycles. The first-order valence-electron chi connectivity index (χ1n) is 4.55. The predicted octanol–water partition coefficient (Wildman–Crippen LogP) is 0.0449. The first kappa shape index (κ1) is 9.46. The number of nitrogen functional groups attached to an aromatic ring is 1. The van der Waals surface area contributed by atoms with Gasteiger partial charge in [0.05, 0.1) is 0 Å². The van der Waals surface area contributed by atoms with Crippen LogP contribution in [0.25, 0.3) is 0 Å². The molecular formula is C10H10N4O. The molecule has 1 unspecified atom stereocenters. The van der Waals surface area contributed by atoms with E-state index in [1.165, 1.54) is 11.1 Å². The molecule has 76 valence electrons. The summed E-state index contributed by atoms with van der Waals surface area (Å²) in [4.78, 5) is 21.0. The Morgan fingerprint density at radius 1 is 1.67 bits per heavy atom. The summed E-state index contributed by atoms with van der Waals surface area (Å²) in [5, 5.41) is 0. The molecule has 1 amide bonds. The van der Waals surface area contributed by atoms with Crippen molar-refractivity contribution < 1.29 is 4.79 Å². The number of carbonyl (C=O) groups is 1. The zero-order valence-electron chi connectivity index (χ0n) is 8.05. The molecule has 2 N–H and O–H groups in total. The van der Waals surface area contributed by atoms with Crippen LogP contribution in [0.1, 0.15) is 6.42 Å². The number of carbonyl (C=O) groups excluding carboxylic acids is 1. The lowest BCUT2D eigenvalue weighted by Crippen LogP contribution is -2.26. The number of amides is 1. The molecule has 0 spiro atoms. The van der Waals surface area contributed by atoms with Crippen molar-refractivity contribution in [2.75, 3.05) is 17.2 Å². The topological polar surface area (TPSA) is 72.1 Å². The number of hydrogen-bond acceptors (Lipinski definition) is 4. The SMILES string of the molecule is C#CC1CC(=O)N(c2nccc(N)n2)C1. The fraction of sp³-hybridized carbons (Fsp3) is 0.300. The Hall–Kier alpha value is -2.09. The molecule has 1 aliphatic heterocycles. The van der Waals surface area contributed by atoms with E-state index in [0.29, 0.717) is 24.7 Å². The van der Waals surface area contributed by atoms with E-state index in [1.807, 2.05) is 0 Å². The van der Waals surface area contributed by atoms with Gasteiger partial charge >= 0.3 is 0 Å². The standard InChI is InChI=1S/C10H10N4O/c1-2-7-5-9(15)14(6-7)10-12-4-3-8(11)13-10/h1,3-4,7H,5-6H2,(H2,11,12,13). The second kappa shape index (κ2) is 3.58. The smallest absolute Gasteiger partial charge is 0.234 e. The Bertz CT molecular complexity index is 437.